The van der Waals surface area contributed by atoms with Gasteiger partial charge in [-0.15, -0.1) is 0 Å². The summed E-state index contributed by atoms with van der Waals surface area (Å²) >= 11 is 0. The molecule has 5 rings (SSSR count). The van der Waals surface area contributed by atoms with Crippen molar-refractivity contribution >= 4 is 17.0 Å². The normalized spacial score (nSPS) is 24.0. The number of aliphatic hydroxyl groups excluding tert-OH is 1. The first-order valence-corrected chi connectivity index (χ1v) is 10.2. The second kappa shape index (κ2) is 6.47. The van der Waals surface area contributed by atoms with Gasteiger partial charge < -0.3 is 19.0 Å². The number of ether oxygens (including phenoxy) is 2. The van der Waals surface area contributed by atoms with Gasteiger partial charge in [-0.25, -0.2) is 4.79 Å². The van der Waals surface area contributed by atoms with Crippen LogP contribution >= 0.6 is 0 Å². The van der Waals surface area contributed by atoms with E-state index in [0.29, 0.717) is 33.6 Å². The minimum absolute atomic E-state index is 0.158. The minimum atomic E-state index is -0.825. The standard InChI is InChI=1S/C25H24O5/c1-13-14(2)28-22-16-10-11-25(3,4)30-23(16)19-17(15-8-6-5-7-9-15)12-18(26)29-24(19)20(22)21(13)27/h5-14,21,27H,1-4H3/t13-,14+,21+/m0/s1. The molecule has 0 amide bonds. The first-order chi connectivity index (χ1) is 14.3. The molecule has 1 N–H and O–H groups in total. The molecule has 2 aliphatic rings. The maximum absolute atomic E-state index is 12.6. The lowest BCUT2D eigenvalue weighted by Gasteiger charge is -2.37. The Hall–Kier alpha value is -3.05. The number of hydrogen-bond acceptors (Lipinski definition) is 5. The Morgan fingerprint density at radius 1 is 1.07 bits per heavy atom. The molecule has 0 bridgehead atoms. The topological polar surface area (TPSA) is 68.9 Å². The maximum Gasteiger partial charge on any atom is 0.336 e. The van der Waals surface area contributed by atoms with Gasteiger partial charge in [0.25, 0.3) is 0 Å². The van der Waals surface area contributed by atoms with Crippen molar-refractivity contribution in [3.63, 3.8) is 0 Å². The molecule has 5 heteroatoms. The second-order valence-electron chi connectivity index (χ2n) is 8.70. The Morgan fingerprint density at radius 2 is 1.80 bits per heavy atom. The van der Waals surface area contributed by atoms with E-state index in [0.717, 1.165) is 11.1 Å². The SMILES string of the molecule is C[C@H]1[C@@H](C)Oc2c3c(c4c(-c5ccccc5)cc(=O)oc4c2[C@@H]1O)OC(C)(C)C=C3. The molecular weight excluding hydrogens is 380 g/mol. The molecule has 2 aliphatic heterocycles. The summed E-state index contributed by atoms with van der Waals surface area (Å²) in [4.78, 5) is 12.6. The van der Waals surface area contributed by atoms with Crippen LogP contribution in [-0.4, -0.2) is 16.8 Å². The van der Waals surface area contributed by atoms with Crippen LogP contribution in [0.3, 0.4) is 0 Å². The van der Waals surface area contributed by atoms with Crippen molar-refractivity contribution in [3.05, 3.63) is 64.0 Å². The summed E-state index contributed by atoms with van der Waals surface area (Å²) in [5.74, 6) is 0.970. The van der Waals surface area contributed by atoms with Gasteiger partial charge in [0, 0.05) is 17.5 Å². The smallest absolute Gasteiger partial charge is 0.336 e. The Kier molecular flexibility index (Phi) is 4.09. The number of hydrogen-bond donors (Lipinski definition) is 1. The molecule has 5 nitrogen and oxygen atoms in total. The third kappa shape index (κ3) is 2.76. The van der Waals surface area contributed by atoms with Crippen molar-refractivity contribution in [2.45, 2.75) is 45.5 Å². The lowest BCUT2D eigenvalue weighted by atomic mass is 9.84. The molecule has 3 heterocycles. The lowest BCUT2D eigenvalue weighted by molar-refractivity contribution is 0.0173. The van der Waals surface area contributed by atoms with Gasteiger partial charge in [0.2, 0.25) is 0 Å². The minimum Gasteiger partial charge on any atom is -0.489 e. The summed E-state index contributed by atoms with van der Waals surface area (Å²) in [5, 5.41) is 11.8. The third-order valence-electron chi connectivity index (χ3n) is 6.11. The largest absolute Gasteiger partial charge is 0.489 e. The summed E-state index contributed by atoms with van der Waals surface area (Å²) in [5.41, 5.74) is 2.18. The number of aliphatic hydroxyl groups is 1. The fourth-order valence-electron chi connectivity index (χ4n) is 4.29. The van der Waals surface area contributed by atoms with E-state index in [-0.39, 0.29) is 12.0 Å². The molecule has 2 aromatic carbocycles. The lowest BCUT2D eigenvalue weighted by Crippen LogP contribution is -2.34. The van der Waals surface area contributed by atoms with E-state index in [9.17, 15) is 9.90 Å². The van der Waals surface area contributed by atoms with Crippen LogP contribution < -0.4 is 15.1 Å². The van der Waals surface area contributed by atoms with E-state index in [1.54, 1.807) is 0 Å². The van der Waals surface area contributed by atoms with Gasteiger partial charge in [0.05, 0.1) is 22.6 Å². The van der Waals surface area contributed by atoms with Crippen LogP contribution in [0.25, 0.3) is 28.2 Å². The van der Waals surface area contributed by atoms with Crippen molar-refractivity contribution < 1.29 is 19.0 Å². The molecule has 3 aromatic rings. The van der Waals surface area contributed by atoms with Gasteiger partial charge in [-0.3, -0.25) is 0 Å². The zero-order valence-electron chi connectivity index (χ0n) is 17.4. The van der Waals surface area contributed by atoms with E-state index >= 15 is 0 Å². The first-order valence-electron chi connectivity index (χ1n) is 10.2. The van der Waals surface area contributed by atoms with Crippen LogP contribution in [0, 0.1) is 5.92 Å². The van der Waals surface area contributed by atoms with Gasteiger partial charge >= 0.3 is 5.63 Å². The summed E-state index contributed by atoms with van der Waals surface area (Å²) < 4.78 is 18.3. The van der Waals surface area contributed by atoms with Crippen molar-refractivity contribution in [3.8, 4) is 22.6 Å². The molecule has 0 aliphatic carbocycles. The zero-order chi connectivity index (χ0) is 21.2. The van der Waals surface area contributed by atoms with Crippen LogP contribution in [-0.2, 0) is 0 Å². The van der Waals surface area contributed by atoms with E-state index in [1.807, 2.05) is 70.2 Å². The molecule has 1 aromatic heterocycles. The maximum atomic E-state index is 12.6. The van der Waals surface area contributed by atoms with Gasteiger partial charge in [-0.2, -0.15) is 0 Å². The van der Waals surface area contributed by atoms with Crippen molar-refractivity contribution in [2.24, 2.45) is 5.92 Å². The Balaban J connectivity index is 1.97. The Bertz CT molecular complexity index is 1240. The third-order valence-corrected chi connectivity index (χ3v) is 6.11. The van der Waals surface area contributed by atoms with Crippen molar-refractivity contribution in [2.75, 3.05) is 0 Å². The van der Waals surface area contributed by atoms with Crippen LogP contribution in [0.15, 0.2) is 51.7 Å². The molecule has 0 saturated carbocycles. The van der Waals surface area contributed by atoms with E-state index in [2.05, 4.69) is 0 Å². The summed E-state index contributed by atoms with van der Waals surface area (Å²) in [7, 11) is 0. The second-order valence-corrected chi connectivity index (χ2v) is 8.70. The average Bonchev–Trinajstić information content (AvgIpc) is 2.71. The molecule has 0 saturated heterocycles. The highest BCUT2D eigenvalue weighted by molar-refractivity contribution is 6.04. The van der Waals surface area contributed by atoms with Crippen LogP contribution in [0.1, 0.15) is 44.9 Å². The summed E-state index contributed by atoms with van der Waals surface area (Å²) in [6.45, 7) is 7.80. The molecule has 0 spiro atoms. The average molecular weight is 404 g/mol. The Labute approximate surface area is 174 Å². The summed E-state index contributed by atoms with van der Waals surface area (Å²) in [6, 6.07) is 11.2. The van der Waals surface area contributed by atoms with Gasteiger partial charge in [-0.1, -0.05) is 37.3 Å². The van der Waals surface area contributed by atoms with Gasteiger partial charge in [-0.05, 0) is 38.5 Å². The fraction of sp³-hybridized carbons (Fsp3) is 0.320. The molecule has 154 valence electrons. The van der Waals surface area contributed by atoms with E-state index in [4.69, 9.17) is 13.9 Å². The highest BCUT2D eigenvalue weighted by Crippen LogP contribution is 2.53. The van der Waals surface area contributed by atoms with Gasteiger partial charge in [0.1, 0.15) is 23.2 Å². The molecule has 30 heavy (non-hydrogen) atoms. The molecule has 0 fully saturated rings. The molecule has 0 radical (unpaired) electrons. The quantitative estimate of drug-likeness (QED) is 0.572. The number of benzene rings is 2. The van der Waals surface area contributed by atoms with Crippen LogP contribution in [0.5, 0.6) is 11.5 Å². The number of fused-ring (bicyclic) bond motifs is 6. The van der Waals surface area contributed by atoms with Crippen molar-refractivity contribution in [1.82, 2.24) is 0 Å². The zero-order valence-corrected chi connectivity index (χ0v) is 17.4. The molecular formula is C25H24O5. The van der Waals surface area contributed by atoms with Crippen LogP contribution in [0.2, 0.25) is 0 Å². The predicted octanol–water partition coefficient (Wildman–Crippen LogP) is 5.09. The van der Waals surface area contributed by atoms with Crippen molar-refractivity contribution in [1.29, 1.82) is 0 Å². The molecule has 0 unspecified atom stereocenters. The van der Waals surface area contributed by atoms with Gasteiger partial charge in [0.15, 0.2) is 5.58 Å². The molecule has 3 atom stereocenters. The van der Waals surface area contributed by atoms with E-state index in [1.165, 1.54) is 6.07 Å². The van der Waals surface area contributed by atoms with E-state index < -0.39 is 17.3 Å². The monoisotopic (exact) mass is 404 g/mol. The summed E-state index contributed by atoms with van der Waals surface area (Å²) in [6.07, 6.45) is 2.93. The Morgan fingerprint density at radius 3 is 2.53 bits per heavy atom. The predicted molar refractivity (Wildman–Crippen MR) is 116 cm³/mol. The number of rotatable bonds is 1. The highest BCUT2D eigenvalue weighted by atomic mass is 16.5. The van der Waals surface area contributed by atoms with Crippen LogP contribution in [0.4, 0.5) is 0 Å². The first kappa shape index (κ1) is 18.9. The highest BCUT2D eigenvalue weighted by Gasteiger charge is 2.40. The fourth-order valence-corrected chi connectivity index (χ4v) is 4.29.